The number of alkyl carbamates (subject to hydrolysis) is 1. The number of pyridine rings is 1. The molecule has 0 aromatic carbocycles. The van der Waals surface area contributed by atoms with E-state index in [9.17, 15) is 9.18 Å². The molecule has 0 aliphatic carbocycles. The number of aromatic nitrogens is 1. The number of amides is 1. The van der Waals surface area contributed by atoms with Gasteiger partial charge in [-0.3, -0.25) is 0 Å². The summed E-state index contributed by atoms with van der Waals surface area (Å²) in [4.78, 5) is 14.8. The summed E-state index contributed by atoms with van der Waals surface area (Å²) in [6.07, 6.45) is 2.21. The standard InChI is InChI=1S/C11H14ClFN2O2/c1-2-3-4-17-11(16)15-6-8-5-10(12)14-7-9(8)13/h5,7H,2-4,6H2,1H3,(H,15,16). The van der Waals surface area contributed by atoms with Crippen LogP contribution in [0.5, 0.6) is 0 Å². The summed E-state index contributed by atoms with van der Waals surface area (Å²) in [5, 5.41) is 2.62. The number of ether oxygens (including phenoxy) is 1. The monoisotopic (exact) mass is 260 g/mol. The lowest BCUT2D eigenvalue weighted by Gasteiger charge is -2.07. The normalized spacial score (nSPS) is 10.1. The molecule has 1 N–H and O–H groups in total. The molecule has 4 nitrogen and oxygen atoms in total. The van der Waals surface area contributed by atoms with Crippen molar-refractivity contribution in [1.82, 2.24) is 10.3 Å². The lowest BCUT2D eigenvalue weighted by atomic mass is 10.2. The van der Waals surface area contributed by atoms with Crippen molar-refractivity contribution in [2.75, 3.05) is 6.61 Å². The van der Waals surface area contributed by atoms with Gasteiger partial charge in [0.1, 0.15) is 11.0 Å². The number of carbonyl (C=O) groups excluding carboxylic acids is 1. The van der Waals surface area contributed by atoms with Crippen molar-refractivity contribution in [3.63, 3.8) is 0 Å². The Balaban J connectivity index is 2.39. The molecule has 1 rings (SSSR count). The van der Waals surface area contributed by atoms with Gasteiger partial charge >= 0.3 is 6.09 Å². The highest BCUT2D eigenvalue weighted by Crippen LogP contribution is 2.11. The van der Waals surface area contributed by atoms with Crippen LogP contribution < -0.4 is 5.32 Å². The molecule has 0 aliphatic rings. The Kier molecular flexibility index (Phi) is 5.69. The van der Waals surface area contributed by atoms with Gasteiger partial charge < -0.3 is 10.1 Å². The van der Waals surface area contributed by atoms with E-state index in [1.54, 1.807) is 0 Å². The summed E-state index contributed by atoms with van der Waals surface area (Å²) in [5.74, 6) is -0.511. The quantitative estimate of drug-likeness (QED) is 0.654. The Morgan fingerprint density at radius 3 is 3.12 bits per heavy atom. The maximum absolute atomic E-state index is 13.2. The van der Waals surface area contributed by atoms with Crippen LogP contribution >= 0.6 is 11.6 Å². The zero-order valence-corrected chi connectivity index (χ0v) is 10.3. The molecule has 0 spiro atoms. The number of nitrogens with zero attached hydrogens (tertiary/aromatic N) is 1. The molecule has 1 heterocycles. The fourth-order valence-electron chi connectivity index (χ4n) is 1.11. The average Bonchev–Trinajstić information content (AvgIpc) is 2.31. The van der Waals surface area contributed by atoms with Gasteiger partial charge in [-0.2, -0.15) is 0 Å². The maximum Gasteiger partial charge on any atom is 0.407 e. The first-order valence-electron chi connectivity index (χ1n) is 5.34. The van der Waals surface area contributed by atoms with Crippen LogP contribution in [-0.2, 0) is 11.3 Å². The van der Waals surface area contributed by atoms with Crippen LogP contribution in [0.4, 0.5) is 9.18 Å². The highest BCUT2D eigenvalue weighted by Gasteiger charge is 2.06. The van der Waals surface area contributed by atoms with Crippen LogP contribution in [-0.4, -0.2) is 17.7 Å². The zero-order chi connectivity index (χ0) is 12.7. The van der Waals surface area contributed by atoms with Crippen LogP contribution in [0, 0.1) is 5.82 Å². The van der Waals surface area contributed by atoms with Crippen LogP contribution in [0.2, 0.25) is 5.15 Å². The third kappa shape index (κ3) is 4.99. The summed E-state index contributed by atoms with van der Waals surface area (Å²) in [7, 11) is 0. The number of nitrogens with one attached hydrogen (secondary N) is 1. The van der Waals surface area contributed by atoms with E-state index in [1.807, 2.05) is 6.92 Å². The fourth-order valence-corrected chi connectivity index (χ4v) is 1.29. The van der Waals surface area contributed by atoms with Gasteiger partial charge in [-0.25, -0.2) is 14.2 Å². The van der Waals surface area contributed by atoms with Crippen molar-refractivity contribution in [3.05, 3.63) is 28.8 Å². The molecule has 6 heteroatoms. The zero-order valence-electron chi connectivity index (χ0n) is 9.50. The van der Waals surface area contributed by atoms with Gasteiger partial charge in [0.15, 0.2) is 0 Å². The van der Waals surface area contributed by atoms with Crippen LogP contribution in [0.25, 0.3) is 0 Å². The molecule has 0 radical (unpaired) electrons. The van der Waals surface area contributed by atoms with Crippen molar-refractivity contribution < 1.29 is 13.9 Å². The van der Waals surface area contributed by atoms with Crippen LogP contribution in [0.15, 0.2) is 12.3 Å². The lowest BCUT2D eigenvalue weighted by molar-refractivity contribution is 0.144. The third-order valence-electron chi connectivity index (χ3n) is 2.06. The number of unbranched alkanes of at least 4 members (excludes halogenated alkanes) is 1. The smallest absolute Gasteiger partial charge is 0.407 e. The van der Waals surface area contributed by atoms with E-state index >= 15 is 0 Å². The van der Waals surface area contributed by atoms with Crippen LogP contribution in [0.3, 0.4) is 0 Å². The summed E-state index contributed by atoms with van der Waals surface area (Å²) in [6, 6.07) is 1.36. The van der Waals surface area contributed by atoms with E-state index in [-0.39, 0.29) is 17.3 Å². The molecule has 1 aromatic heterocycles. The lowest BCUT2D eigenvalue weighted by Crippen LogP contribution is -2.24. The molecule has 0 fully saturated rings. The number of rotatable bonds is 5. The average molecular weight is 261 g/mol. The van der Waals surface area contributed by atoms with Crippen molar-refractivity contribution in [1.29, 1.82) is 0 Å². The highest BCUT2D eigenvalue weighted by molar-refractivity contribution is 6.29. The second-order valence-corrected chi connectivity index (χ2v) is 3.83. The fraction of sp³-hybridized carbons (Fsp3) is 0.455. The molecule has 0 unspecified atom stereocenters. The van der Waals surface area contributed by atoms with Gasteiger partial charge in [0.05, 0.1) is 12.8 Å². The van der Waals surface area contributed by atoms with E-state index in [2.05, 4.69) is 10.3 Å². The summed E-state index contributed by atoms with van der Waals surface area (Å²) >= 11 is 5.61. The van der Waals surface area contributed by atoms with Crippen LogP contribution in [0.1, 0.15) is 25.3 Å². The Morgan fingerprint density at radius 1 is 1.65 bits per heavy atom. The summed E-state index contributed by atoms with van der Waals surface area (Å²) < 4.78 is 18.1. The number of hydrogen-bond acceptors (Lipinski definition) is 3. The Morgan fingerprint density at radius 2 is 2.41 bits per heavy atom. The third-order valence-corrected chi connectivity index (χ3v) is 2.26. The second kappa shape index (κ2) is 7.06. The Hall–Kier alpha value is -1.36. The minimum absolute atomic E-state index is 0.0268. The SMILES string of the molecule is CCCCOC(=O)NCc1cc(Cl)ncc1F. The number of hydrogen-bond donors (Lipinski definition) is 1. The first kappa shape index (κ1) is 13.7. The summed E-state index contributed by atoms with van der Waals surface area (Å²) in [5.41, 5.74) is 0.275. The molecule has 94 valence electrons. The van der Waals surface area contributed by atoms with Crippen molar-refractivity contribution in [2.45, 2.75) is 26.3 Å². The molecule has 0 bridgehead atoms. The van der Waals surface area contributed by atoms with E-state index in [0.29, 0.717) is 6.61 Å². The largest absolute Gasteiger partial charge is 0.450 e. The molecule has 17 heavy (non-hydrogen) atoms. The summed E-state index contributed by atoms with van der Waals surface area (Å²) in [6.45, 7) is 2.39. The van der Waals surface area contributed by atoms with Crippen molar-refractivity contribution in [3.8, 4) is 0 Å². The minimum atomic E-state index is -0.564. The predicted molar refractivity (Wildman–Crippen MR) is 62.3 cm³/mol. The molecular formula is C11H14ClFN2O2. The number of carbonyl (C=O) groups is 1. The van der Waals surface area contributed by atoms with Gasteiger partial charge in [0.25, 0.3) is 0 Å². The van der Waals surface area contributed by atoms with E-state index < -0.39 is 11.9 Å². The topological polar surface area (TPSA) is 51.2 Å². The predicted octanol–water partition coefficient (Wildman–Crippen LogP) is 2.90. The molecule has 1 aromatic rings. The Labute approximate surface area is 104 Å². The van der Waals surface area contributed by atoms with Gasteiger partial charge in [-0.1, -0.05) is 24.9 Å². The molecular weight excluding hydrogens is 247 g/mol. The van der Waals surface area contributed by atoms with E-state index in [0.717, 1.165) is 19.0 Å². The van der Waals surface area contributed by atoms with Gasteiger partial charge in [-0.15, -0.1) is 0 Å². The van der Waals surface area contributed by atoms with Gasteiger partial charge in [0.2, 0.25) is 0 Å². The number of halogens is 2. The molecule has 0 saturated heterocycles. The highest BCUT2D eigenvalue weighted by atomic mass is 35.5. The second-order valence-electron chi connectivity index (χ2n) is 3.44. The van der Waals surface area contributed by atoms with Crippen molar-refractivity contribution in [2.24, 2.45) is 0 Å². The molecule has 0 atom stereocenters. The molecule has 1 amide bonds. The van der Waals surface area contributed by atoms with E-state index in [4.69, 9.17) is 16.3 Å². The maximum atomic E-state index is 13.2. The van der Waals surface area contributed by atoms with Gasteiger partial charge in [-0.05, 0) is 12.5 Å². The van der Waals surface area contributed by atoms with Crippen molar-refractivity contribution >= 4 is 17.7 Å². The first-order valence-corrected chi connectivity index (χ1v) is 5.71. The van der Waals surface area contributed by atoms with E-state index in [1.165, 1.54) is 6.07 Å². The first-order chi connectivity index (χ1) is 8.13. The molecule has 0 saturated carbocycles. The minimum Gasteiger partial charge on any atom is -0.450 e. The molecule has 0 aliphatic heterocycles. The Bertz CT molecular complexity index is 388. The van der Waals surface area contributed by atoms with Gasteiger partial charge in [0, 0.05) is 12.1 Å².